The molecule has 150 valence electrons. The molecular formula is C23H24N2O4. The molecule has 6 nitrogen and oxygen atoms in total. The molecule has 2 heterocycles. The maximum Gasteiger partial charge on any atom is 0.326 e. The molecular weight excluding hydrogens is 368 g/mol. The number of rotatable bonds is 4. The van der Waals surface area contributed by atoms with Crippen molar-refractivity contribution in [1.82, 2.24) is 5.32 Å². The molecule has 2 aromatic carbocycles. The van der Waals surface area contributed by atoms with Gasteiger partial charge in [0, 0.05) is 6.04 Å². The van der Waals surface area contributed by atoms with E-state index in [4.69, 9.17) is 4.74 Å². The largest absolute Gasteiger partial charge is 0.465 e. The minimum absolute atomic E-state index is 0.201. The monoisotopic (exact) mass is 392 g/mol. The Morgan fingerprint density at radius 2 is 1.72 bits per heavy atom. The van der Waals surface area contributed by atoms with Gasteiger partial charge in [-0.1, -0.05) is 42.5 Å². The van der Waals surface area contributed by atoms with Crippen LogP contribution in [0.15, 0.2) is 54.6 Å². The van der Waals surface area contributed by atoms with E-state index in [1.807, 2.05) is 37.3 Å². The van der Waals surface area contributed by atoms with Crippen LogP contribution in [-0.2, 0) is 19.1 Å². The highest BCUT2D eigenvalue weighted by atomic mass is 16.5. The molecule has 2 aliphatic heterocycles. The second-order valence-corrected chi connectivity index (χ2v) is 7.75. The van der Waals surface area contributed by atoms with Gasteiger partial charge in [-0.2, -0.15) is 0 Å². The summed E-state index contributed by atoms with van der Waals surface area (Å²) in [5.41, 5.74) is 1.14. The number of imide groups is 1. The molecule has 0 aliphatic carbocycles. The third-order valence-corrected chi connectivity index (χ3v) is 6.02. The van der Waals surface area contributed by atoms with Crippen LogP contribution in [0.3, 0.4) is 0 Å². The Morgan fingerprint density at radius 1 is 1.07 bits per heavy atom. The van der Waals surface area contributed by atoms with Gasteiger partial charge >= 0.3 is 5.97 Å². The molecule has 0 saturated carbocycles. The van der Waals surface area contributed by atoms with Crippen LogP contribution < -0.4 is 10.2 Å². The van der Waals surface area contributed by atoms with Gasteiger partial charge in [-0.25, -0.2) is 4.90 Å². The van der Waals surface area contributed by atoms with Crippen LogP contribution >= 0.6 is 0 Å². The molecule has 29 heavy (non-hydrogen) atoms. The number of anilines is 1. The topological polar surface area (TPSA) is 75.7 Å². The minimum atomic E-state index is -1.29. The highest BCUT2D eigenvalue weighted by molar-refractivity contribution is 6.24. The van der Waals surface area contributed by atoms with Crippen LogP contribution in [-0.4, -0.2) is 29.9 Å². The molecule has 6 heteroatoms. The number of carbonyl (C=O) groups excluding carboxylic acids is 3. The molecule has 2 amide bonds. The van der Waals surface area contributed by atoms with Gasteiger partial charge in [0.15, 0.2) is 0 Å². The molecule has 2 aliphatic rings. The molecule has 0 aromatic heterocycles. The van der Waals surface area contributed by atoms with Crippen molar-refractivity contribution in [2.45, 2.75) is 32.4 Å². The van der Waals surface area contributed by atoms with Gasteiger partial charge in [0.2, 0.25) is 11.8 Å². The molecule has 2 fully saturated rings. The number of aryl methyl sites for hydroxylation is 1. The Kier molecular flexibility index (Phi) is 4.74. The Balaban J connectivity index is 1.84. The molecule has 0 bridgehead atoms. The number of ether oxygens (including phenoxy) is 1. The lowest BCUT2D eigenvalue weighted by Gasteiger charge is -2.29. The first-order valence-corrected chi connectivity index (χ1v) is 9.83. The van der Waals surface area contributed by atoms with E-state index >= 15 is 0 Å². The number of hydrogen-bond donors (Lipinski definition) is 1. The van der Waals surface area contributed by atoms with Crippen molar-refractivity contribution in [2.75, 3.05) is 11.5 Å². The number of esters is 1. The first-order valence-electron chi connectivity index (χ1n) is 9.83. The van der Waals surface area contributed by atoms with Gasteiger partial charge < -0.3 is 4.74 Å². The normalized spacial score (nSPS) is 28.5. The Hall–Kier alpha value is -2.99. The maximum atomic E-state index is 13.5. The highest BCUT2D eigenvalue weighted by Crippen LogP contribution is 2.50. The van der Waals surface area contributed by atoms with Crippen LogP contribution in [0, 0.1) is 18.8 Å². The van der Waals surface area contributed by atoms with Crippen LogP contribution in [0.25, 0.3) is 0 Å². The lowest BCUT2D eigenvalue weighted by atomic mass is 9.80. The average Bonchev–Trinajstić information content (AvgIpc) is 3.17. The van der Waals surface area contributed by atoms with E-state index in [9.17, 15) is 14.4 Å². The molecule has 1 N–H and O–H groups in total. The number of nitrogens with zero attached hydrogens (tertiary/aromatic N) is 1. The van der Waals surface area contributed by atoms with E-state index in [1.165, 1.54) is 4.90 Å². The van der Waals surface area contributed by atoms with Gasteiger partial charge in [-0.15, -0.1) is 0 Å². The Morgan fingerprint density at radius 3 is 2.38 bits per heavy atom. The Labute approximate surface area is 169 Å². The zero-order valence-corrected chi connectivity index (χ0v) is 16.7. The molecule has 4 rings (SSSR count). The fourth-order valence-corrected chi connectivity index (χ4v) is 4.64. The zero-order chi connectivity index (χ0) is 20.8. The third kappa shape index (κ3) is 2.86. The third-order valence-electron chi connectivity index (χ3n) is 6.02. The van der Waals surface area contributed by atoms with Crippen LogP contribution in [0.2, 0.25) is 0 Å². The van der Waals surface area contributed by atoms with E-state index in [2.05, 4.69) is 5.32 Å². The van der Waals surface area contributed by atoms with Gasteiger partial charge in [-0.3, -0.25) is 19.7 Å². The van der Waals surface area contributed by atoms with Crippen molar-refractivity contribution >= 4 is 23.5 Å². The van der Waals surface area contributed by atoms with Crippen molar-refractivity contribution in [3.63, 3.8) is 0 Å². The number of nitrogens with one attached hydrogen (secondary N) is 1. The van der Waals surface area contributed by atoms with Crippen molar-refractivity contribution < 1.29 is 19.1 Å². The van der Waals surface area contributed by atoms with Gasteiger partial charge in [-0.05, 0) is 44.0 Å². The second-order valence-electron chi connectivity index (χ2n) is 7.75. The summed E-state index contributed by atoms with van der Waals surface area (Å²) in [6, 6.07) is 16.1. The van der Waals surface area contributed by atoms with Crippen molar-refractivity contribution in [3.8, 4) is 0 Å². The molecule has 4 atom stereocenters. The second kappa shape index (κ2) is 7.12. The highest BCUT2D eigenvalue weighted by Gasteiger charge is 2.67. The van der Waals surface area contributed by atoms with E-state index in [-0.39, 0.29) is 18.4 Å². The summed E-state index contributed by atoms with van der Waals surface area (Å²) in [4.78, 5) is 41.0. The van der Waals surface area contributed by atoms with Gasteiger partial charge in [0.05, 0.1) is 24.1 Å². The van der Waals surface area contributed by atoms with Crippen LogP contribution in [0.1, 0.15) is 31.0 Å². The number of benzene rings is 2. The summed E-state index contributed by atoms with van der Waals surface area (Å²) in [7, 11) is 0. The van der Waals surface area contributed by atoms with E-state index in [0.29, 0.717) is 5.69 Å². The van der Waals surface area contributed by atoms with Crippen molar-refractivity contribution in [1.29, 1.82) is 0 Å². The molecule has 2 saturated heterocycles. The number of carbonyl (C=O) groups is 3. The van der Waals surface area contributed by atoms with Crippen LogP contribution in [0.4, 0.5) is 5.69 Å². The summed E-state index contributed by atoms with van der Waals surface area (Å²) >= 11 is 0. The number of hydrogen-bond acceptors (Lipinski definition) is 5. The average molecular weight is 392 g/mol. The van der Waals surface area contributed by atoms with Gasteiger partial charge in [0.25, 0.3) is 0 Å². The molecule has 0 spiro atoms. The van der Waals surface area contributed by atoms with Crippen molar-refractivity contribution in [2.24, 2.45) is 11.8 Å². The van der Waals surface area contributed by atoms with E-state index in [1.54, 1.807) is 38.1 Å². The SMILES string of the molecule is CCOC(=O)C1(C)NC(c2ccccc2C)C2C(=O)N(c3ccccc3)C(=O)C21. The van der Waals surface area contributed by atoms with E-state index in [0.717, 1.165) is 11.1 Å². The summed E-state index contributed by atoms with van der Waals surface area (Å²) in [6.07, 6.45) is 0. The summed E-state index contributed by atoms with van der Waals surface area (Å²) in [5, 5.41) is 3.30. The Bertz CT molecular complexity index is 974. The minimum Gasteiger partial charge on any atom is -0.465 e. The predicted octanol–water partition coefficient (Wildman–Crippen LogP) is 2.77. The number of amides is 2. The van der Waals surface area contributed by atoms with Crippen LogP contribution in [0.5, 0.6) is 0 Å². The quantitative estimate of drug-likeness (QED) is 0.640. The molecule has 2 aromatic rings. The summed E-state index contributed by atoms with van der Waals surface area (Å²) in [6.45, 7) is 5.56. The van der Waals surface area contributed by atoms with Crippen molar-refractivity contribution in [3.05, 3.63) is 65.7 Å². The lowest BCUT2D eigenvalue weighted by molar-refractivity contribution is -0.153. The smallest absolute Gasteiger partial charge is 0.326 e. The summed E-state index contributed by atoms with van der Waals surface area (Å²) in [5.74, 6) is -2.69. The zero-order valence-electron chi connectivity index (χ0n) is 16.7. The standard InChI is InChI=1S/C23H24N2O4/c1-4-29-22(28)23(3)18-17(19(24-23)16-13-9-8-10-14(16)2)20(26)25(21(18)27)15-11-6-5-7-12-15/h5-13,17-19,24H,4H2,1-3H3. The first kappa shape index (κ1) is 19.3. The van der Waals surface area contributed by atoms with Gasteiger partial charge in [0.1, 0.15) is 5.54 Å². The summed E-state index contributed by atoms with van der Waals surface area (Å²) < 4.78 is 5.29. The first-order chi connectivity index (χ1) is 13.9. The molecule has 0 radical (unpaired) electrons. The lowest BCUT2D eigenvalue weighted by Crippen LogP contribution is -2.54. The maximum absolute atomic E-state index is 13.5. The fourth-order valence-electron chi connectivity index (χ4n) is 4.64. The fraction of sp³-hybridized carbons (Fsp3) is 0.348. The van der Waals surface area contributed by atoms with E-state index < -0.39 is 29.4 Å². The number of fused-ring (bicyclic) bond motifs is 1. The number of para-hydroxylation sites is 1. The molecule has 4 unspecified atom stereocenters. The predicted molar refractivity (Wildman–Crippen MR) is 108 cm³/mol.